The van der Waals surface area contributed by atoms with Gasteiger partial charge in [0.2, 0.25) is 0 Å². The molecule has 0 bridgehead atoms. The number of hydrogen-bond acceptors (Lipinski definition) is 2. The van der Waals surface area contributed by atoms with Crippen molar-refractivity contribution in [2.45, 2.75) is 32.2 Å². The molecule has 0 spiro atoms. The molecule has 1 heterocycles. The largest absolute Gasteiger partial charge is 0.310 e. The second-order valence-corrected chi connectivity index (χ2v) is 7.08. The molecule has 1 aliphatic rings. The highest BCUT2D eigenvalue weighted by Crippen LogP contribution is 2.38. The van der Waals surface area contributed by atoms with E-state index in [-0.39, 0.29) is 0 Å². The lowest BCUT2D eigenvalue weighted by Gasteiger charge is -2.32. The first-order valence-corrected chi connectivity index (χ1v) is 9.05. The van der Waals surface area contributed by atoms with Crippen LogP contribution in [0.3, 0.4) is 0 Å². The smallest absolute Gasteiger partial charge is 0.0371 e. The molecule has 2 unspecified atom stereocenters. The first-order valence-electron chi connectivity index (χ1n) is 7.31. The van der Waals surface area contributed by atoms with Crippen molar-refractivity contribution >= 4 is 27.3 Å². The van der Waals surface area contributed by atoms with E-state index in [1.165, 1.54) is 34.9 Å². The minimum absolute atomic E-state index is 0.467. The number of aryl methyl sites for hydroxylation is 1. The van der Waals surface area contributed by atoms with Gasteiger partial charge in [-0.1, -0.05) is 31.2 Å². The summed E-state index contributed by atoms with van der Waals surface area (Å²) in [6.45, 7) is 3.22. The van der Waals surface area contributed by atoms with Crippen molar-refractivity contribution in [3.05, 3.63) is 56.2 Å². The molecule has 3 rings (SSSR count). The van der Waals surface area contributed by atoms with Gasteiger partial charge in [-0.25, -0.2) is 0 Å². The summed E-state index contributed by atoms with van der Waals surface area (Å²) >= 11 is 5.49. The maximum absolute atomic E-state index is 3.71. The molecule has 0 saturated carbocycles. The van der Waals surface area contributed by atoms with Gasteiger partial charge in [-0.15, -0.1) is 0 Å². The van der Waals surface area contributed by atoms with Crippen molar-refractivity contribution in [2.75, 3.05) is 6.54 Å². The summed E-state index contributed by atoms with van der Waals surface area (Å²) in [4.78, 5) is 0. The predicted molar refractivity (Wildman–Crippen MR) is 90.4 cm³/mol. The zero-order chi connectivity index (χ0) is 13.9. The van der Waals surface area contributed by atoms with Gasteiger partial charge in [0.1, 0.15) is 0 Å². The molecule has 1 aromatic heterocycles. The van der Waals surface area contributed by atoms with E-state index >= 15 is 0 Å². The molecule has 106 valence electrons. The van der Waals surface area contributed by atoms with Gasteiger partial charge < -0.3 is 5.32 Å². The molecule has 1 aromatic carbocycles. The summed E-state index contributed by atoms with van der Waals surface area (Å²) in [6, 6.07) is 9.39. The van der Waals surface area contributed by atoms with E-state index in [0.29, 0.717) is 12.0 Å². The summed E-state index contributed by atoms with van der Waals surface area (Å²) in [7, 11) is 0. The van der Waals surface area contributed by atoms with Crippen LogP contribution in [-0.2, 0) is 12.8 Å². The third-order valence-electron chi connectivity index (χ3n) is 4.26. The van der Waals surface area contributed by atoms with Crippen LogP contribution in [-0.4, -0.2) is 6.54 Å². The lowest BCUT2D eigenvalue weighted by atomic mass is 9.78. The van der Waals surface area contributed by atoms with Crippen LogP contribution in [0, 0.1) is 5.92 Å². The minimum Gasteiger partial charge on any atom is -0.310 e. The second-order valence-electron chi connectivity index (χ2n) is 5.48. The van der Waals surface area contributed by atoms with Gasteiger partial charge in [-0.05, 0) is 69.7 Å². The second kappa shape index (κ2) is 6.42. The fraction of sp³-hybridized carbons (Fsp3) is 0.412. The number of halogens is 1. The van der Waals surface area contributed by atoms with Gasteiger partial charge in [0.15, 0.2) is 0 Å². The predicted octanol–water partition coefficient (Wildman–Crippen LogP) is 4.97. The maximum Gasteiger partial charge on any atom is 0.0371 e. The number of nitrogens with one attached hydrogen (secondary N) is 1. The van der Waals surface area contributed by atoms with Gasteiger partial charge in [0.05, 0.1) is 0 Å². The Balaban J connectivity index is 1.85. The number of thiophene rings is 1. The van der Waals surface area contributed by atoms with Crippen molar-refractivity contribution in [3.8, 4) is 0 Å². The van der Waals surface area contributed by atoms with E-state index in [1.807, 2.05) is 0 Å². The van der Waals surface area contributed by atoms with Crippen LogP contribution in [0.1, 0.15) is 36.1 Å². The van der Waals surface area contributed by atoms with Crippen molar-refractivity contribution in [2.24, 2.45) is 5.92 Å². The third-order valence-corrected chi connectivity index (χ3v) is 6.01. The molecule has 20 heavy (non-hydrogen) atoms. The number of hydrogen-bond donors (Lipinski definition) is 1. The van der Waals surface area contributed by atoms with E-state index in [4.69, 9.17) is 0 Å². The zero-order valence-corrected chi connectivity index (χ0v) is 14.1. The van der Waals surface area contributed by atoms with Crippen LogP contribution in [0.25, 0.3) is 0 Å². The van der Waals surface area contributed by atoms with Gasteiger partial charge in [-0.3, -0.25) is 0 Å². The normalized spacial score (nSPS) is 19.6. The fourth-order valence-electron chi connectivity index (χ4n) is 3.27. The summed E-state index contributed by atoms with van der Waals surface area (Å²) in [5, 5.41) is 8.18. The number of fused-ring (bicyclic) bond motifs is 1. The molecule has 1 N–H and O–H groups in total. The maximum atomic E-state index is 3.71. The zero-order valence-electron chi connectivity index (χ0n) is 11.7. The van der Waals surface area contributed by atoms with Crippen molar-refractivity contribution in [3.63, 3.8) is 0 Å². The average molecular weight is 350 g/mol. The van der Waals surface area contributed by atoms with Gasteiger partial charge in [0, 0.05) is 15.9 Å². The van der Waals surface area contributed by atoms with E-state index in [0.717, 1.165) is 6.54 Å². The molecule has 1 aliphatic carbocycles. The molecular weight excluding hydrogens is 330 g/mol. The summed E-state index contributed by atoms with van der Waals surface area (Å²) in [5.74, 6) is 0.691. The van der Waals surface area contributed by atoms with E-state index in [1.54, 1.807) is 16.9 Å². The Kier molecular flexibility index (Phi) is 4.59. The summed E-state index contributed by atoms with van der Waals surface area (Å²) < 4.78 is 1.26. The number of benzene rings is 1. The standard InChI is InChI=1S/C17H20BrNS/c1-2-19-17(15-10-20-11-16(15)18)14-8-7-12-5-3-4-6-13(12)9-14/h3-6,10-11,14,17,19H,2,7-9H2,1H3. The van der Waals surface area contributed by atoms with Gasteiger partial charge in [-0.2, -0.15) is 11.3 Å². The third kappa shape index (κ3) is 2.85. The lowest BCUT2D eigenvalue weighted by molar-refractivity contribution is 0.330. The van der Waals surface area contributed by atoms with Gasteiger partial charge >= 0.3 is 0 Å². The van der Waals surface area contributed by atoms with E-state index in [2.05, 4.69) is 63.2 Å². The Hall–Kier alpha value is -0.640. The Bertz CT molecular complexity index is 578. The SMILES string of the molecule is CCNC(c1cscc1Br)C1CCc2ccccc2C1. The Morgan fingerprint density at radius 1 is 1.30 bits per heavy atom. The highest BCUT2D eigenvalue weighted by Gasteiger charge is 2.28. The average Bonchev–Trinajstić information content (AvgIpc) is 2.90. The Morgan fingerprint density at radius 3 is 2.80 bits per heavy atom. The highest BCUT2D eigenvalue weighted by molar-refractivity contribution is 9.10. The molecule has 2 atom stereocenters. The summed E-state index contributed by atoms with van der Waals surface area (Å²) in [6.07, 6.45) is 3.68. The molecule has 0 aliphatic heterocycles. The molecule has 0 amide bonds. The minimum atomic E-state index is 0.467. The monoisotopic (exact) mass is 349 g/mol. The molecule has 0 fully saturated rings. The fourth-order valence-corrected chi connectivity index (χ4v) is 4.85. The molecule has 0 saturated heterocycles. The molecule has 3 heteroatoms. The lowest BCUT2D eigenvalue weighted by Crippen LogP contribution is -2.31. The van der Waals surface area contributed by atoms with Gasteiger partial charge in [0.25, 0.3) is 0 Å². The van der Waals surface area contributed by atoms with Crippen molar-refractivity contribution in [1.29, 1.82) is 0 Å². The Labute approximate surface area is 133 Å². The quantitative estimate of drug-likeness (QED) is 0.821. The van der Waals surface area contributed by atoms with Crippen LogP contribution in [0.4, 0.5) is 0 Å². The van der Waals surface area contributed by atoms with E-state index < -0.39 is 0 Å². The van der Waals surface area contributed by atoms with Crippen molar-refractivity contribution < 1.29 is 0 Å². The number of rotatable bonds is 4. The van der Waals surface area contributed by atoms with Crippen LogP contribution in [0.5, 0.6) is 0 Å². The highest BCUT2D eigenvalue weighted by atomic mass is 79.9. The summed E-state index contributed by atoms with van der Waals surface area (Å²) in [5.41, 5.74) is 4.52. The van der Waals surface area contributed by atoms with Crippen LogP contribution in [0.15, 0.2) is 39.5 Å². The van der Waals surface area contributed by atoms with E-state index in [9.17, 15) is 0 Å². The van der Waals surface area contributed by atoms with Crippen LogP contribution < -0.4 is 5.32 Å². The Morgan fingerprint density at radius 2 is 2.10 bits per heavy atom. The first kappa shape index (κ1) is 14.3. The van der Waals surface area contributed by atoms with Crippen molar-refractivity contribution in [1.82, 2.24) is 5.32 Å². The molecular formula is C17H20BrNS. The topological polar surface area (TPSA) is 12.0 Å². The molecule has 1 nitrogen and oxygen atoms in total. The van der Waals surface area contributed by atoms with Crippen LogP contribution in [0.2, 0.25) is 0 Å². The molecule has 0 radical (unpaired) electrons. The molecule has 2 aromatic rings. The first-order chi connectivity index (χ1) is 9.79. The van der Waals surface area contributed by atoms with Crippen LogP contribution >= 0.6 is 27.3 Å².